The number of nitrogens with zero attached hydrogens (tertiary/aromatic N) is 1. The molecular formula is C13H13F2NS. The van der Waals surface area contributed by atoms with Crippen LogP contribution in [0.1, 0.15) is 36.0 Å². The van der Waals surface area contributed by atoms with Crippen molar-refractivity contribution in [2.45, 2.75) is 26.2 Å². The fourth-order valence-electron chi connectivity index (χ4n) is 1.56. The van der Waals surface area contributed by atoms with E-state index < -0.39 is 11.6 Å². The molecule has 0 atom stereocenters. The lowest BCUT2D eigenvalue weighted by molar-refractivity contribution is 0.580. The minimum atomic E-state index is -0.541. The second kappa shape index (κ2) is 4.92. The molecule has 1 aromatic heterocycles. The van der Waals surface area contributed by atoms with Crippen molar-refractivity contribution in [1.29, 1.82) is 0 Å². The summed E-state index contributed by atoms with van der Waals surface area (Å²) in [5.74, 6) is -0.703. The molecule has 0 fully saturated rings. The summed E-state index contributed by atoms with van der Waals surface area (Å²) < 4.78 is 26.0. The Morgan fingerprint density at radius 1 is 1.18 bits per heavy atom. The van der Waals surface area contributed by atoms with E-state index in [2.05, 4.69) is 18.8 Å². The molecule has 0 bridgehead atoms. The van der Waals surface area contributed by atoms with E-state index in [1.54, 1.807) is 0 Å². The van der Waals surface area contributed by atoms with Crippen LogP contribution in [0.4, 0.5) is 8.78 Å². The maximum Gasteiger partial charge on any atom is 0.126 e. The van der Waals surface area contributed by atoms with E-state index in [0.717, 1.165) is 16.8 Å². The highest BCUT2D eigenvalue weighted by Crippen LogP contribution is 2.20. The first kappa shape index (κ1) is 12.2. The van der Waals surface area contributed by atoms with Crippen molar-refractivity contribution in [1.82, 2.24) is 4.98 Å². The molecule has 0 radical (unpaired) electrons. The van der Waals surface area contributed by atoms with Gasteiger partial charge in [-0.15, -0.1) is 11.3 Å². The van der Waals surface area contributed by atoms with Crippen LogP contribution >= 0.6 is 11.3 Å². The van der Waals surface area contributed by atoms with Crippen LogP contribution in [0.15, 0.2) is 23.6 Å². The molecule has 1 nitrogen and oxygen atoms in total. The quantitative estimate of drug-likeness (QED) is 0.801. The van der Waals surface area contributed by atoms with Crippen molar-refractivity contribution in [2.75, 3.05) is 0 Å². The smallest absolute Gasteiger partial charge is 0.126 e. The van der Waals surface area contributed by atoms with Crippen molar-refractivity contribution in [3.63, 3.8) is 0 Å². The molecule has 90 valence electrons. The van der Waals surface area contributed by atoms with Crippen LogP contribution in [-0.4, -0.2) is 4.98 Å². The lowest BCUT2D eigenvalue weighted by Gasteiger charge is -2.00. The Hall–Kier alpha value is -1.29. The number of benzene rings is 1. The Morgan fingerprint density at radius 3 is 2.35 bits per heavy atom. The van der Waals surface area contributed by atoms with Gasteiger partial charge in [0.15, 0.2) is 0 Å². The topological polar surface area (TPSA) is 12.9 Å². The fourth-order valence-corrected chi connectivity index (χ4v) is 2.55. The van der Waals surface area contributed by atoms with Crippen molar-refractivity contribution < 1.29 is 8.78 Å². The third kappa shape index (κ3) is 3.09. The number of thiazole rings is 1. The number of hydrogen-bond donors (Lipinski definition) is 0. The first-order chi connectivity index (χ1) is 8.04. The summed E-state index contributed by atoms with van der Waals surface area (Å²) in [4.78, 5) is 4.44. The van der Waals surface area contributed by atoms with Gasteiger partial charge in [-0.05, 0) is 23.6 Å². The predicted molar refractivity (Wildman–Crippen MR) is 65.4 cm³/mol. The Morgan fingerprint density at radius 2 is 1.82 bits per heavy atom. The second-order valence-electron chi connectivity index (χ2n) is 4.28. The highest BCUT2D eigenvalue weighted by Gasteiger charge is 2.07. The summed E-state index contributed by atoms with van der Waals surface area (Å²) in [7, 11) is 0. The highest BCUT2D eigenvalue weighted by atomic mass is 32.1. The average Bonchev–Trinajstić information content (AvgIpc) is 2.64. The van der Waals surface area contributed by atoms with Crippen molar-refractivity contribution in [3.05, 3.63) is 51.5 Å². The lowest BCUT2D eigenvalue weighted by Crippen LogP contribution is -1.92. The van der Waals surface area contributed by atoms with Crippen LogP contribution in [0, 0.1) is 11.6 Å². The molecule has 0 N–H and O–H groups in total. The average molecular weight is 253 g/mol. The van der Waals surface area contributed by atoms with Crippen LogP contribution in [-0.2, 0) is 6.42 Å². The third-order valence-corrected chi connectivity index (χ3v) is 3.31. The minimum absolute atomic E-state index is 0.379. The largest absolute Gasteiger partial charge is 0.246 e. The van der Waals surface area contributed by atoms with Gasteiger partial charge in [0, 0.05) is 17.9 Å². The van der Waals surface area contributed by atoms with Gasteiger partial charge >= 0.3 is 0 Å². The van der Waals surface area contributed by atoms with Gasteiger partial charge in [-0.1, -0.05) is 13.8 Å². The van der Waals surface area contributed by atoms with E-state index in [-0.39, 0.29) is 0 Å². The SMILES string of the molecule is CC(C)c1csc(Cc2cc(F)cc(F)c2)n1. The highest BCUT2D eigenvalue weighted by molar-refractivity contribution is 7.09. The molecule has 1 heterocycles. The van der Waals surface area contributed by atoms with Crippen LogP contribution in [0.2, 0.25) is 0 Å². The van der Waals surface area contributed by atoms with Gasteiger partial charge in [0.25, 0.3) is 0 Å². The Kier molecular flexibility index (Phi) is 3.52. The number of halogens is 2. The van der Waals surface area contributed by atoms with E-state index in [0.29, 0.717) is 17.9 Å². The molecule has 2 rings (SSSR count). The summed E-state index contributed by atoms with van der Waals surface area (Å²) in [6.07, 6.45) is 0.478. The molecule has 0 amide bonds. The zero-order valence-corrected chi connectivity index (χ0v) is 10.5. The zero-order valence-electron chi connectivity index (χ0n) is 9.71. The zero-order chi connectivity index (χ0) is 12.4. The molecular weight excluding hydrogens is 240 g/mol. The number of hydrogen-bond acceptors (Lipinski definition) is 2. The van der Waals surface area contributed by atoms with Crippen molar-refractivity contribution >= 4 is 11.3 Å². The molecule has 0 saturated carbocycles. The van der Waals surface area contributed by atoms with Crippen molar-refractivity contribution in [2.24, 2.45) is 0 Å². The first-order valence-electron chi connectivity index (χ1n) is 5.44. The normalized spacial score (nSPS) is 11.1. The van der Waals surface area contributed by atoms with E-state index in [1.807, 2.05) is 5.38 Å². The van der Waals surface area contributed by atoms with E-state index >= 15 is 0 Å². The monoisotopic (exact) mass is 253 g/mol. The van der Waals surface area contributed by atoms with Crippen molar-refractivity contribution in [3.8, 4) is 0 Å². The number of aromatic nitrogens is 1. The summed E-state index contributed by atoms with van der Waals surface area (Å²) in [5, 5.41) is 2.88. The maximum absolute atomic E-state index is 13.0. The molecule has 0 saturated heterocycles. The van der Waals surface area contributed by atoms with Gasteiger partial charge < -0.3 is 0 Å². The third-order valence-electron chi connectivity index (χ3n) is 2.44. The van der Waals surface area contributed by atoms with Gasteiger partial charge in [0.1, 0.15) is 11.6 Å². The van der Waals surface area contributed by atoms with Crippen LogP contribution in [0.3, 0.4) is 0 Å². The Bertz CT molecular complexity index is 500. The molecule has 0 aliphatic rings. The van der Waals surface area contributed by atoms with Crippen LogP contribution in [0.5, 0.6) is 0 Å². The van der Waals surface area contributed by atoms with Gasteiger partial charge in [-0.2, -0.15) is 0 Å². The van der Waals surface area contributed by atoms with Gasteiger partial charge in [0.05, 0.1) is 10.7 Å². The molecule has 0 aliphatic heterocycles. The summed E-state index contributed by atoms with van der Waals surface area (Å²) in [5.41, 5.74) is 1.65. The molecule has 0 aliphatic carbocycles. The molecule has 4 heteroatoms. The minimum Gasteiger partial charge on any atom is -0.246 e. The second-order valence-corrected chi connectivity index (χ2v) is 5.22. The van der Waals surface area contributed by atoms with E-state index in [9.17, 15) is 8.78 Å². The summed E-state index contributed by atoms with van der Waals surface area (Å²) >= 11 is 1.53. The van der Waals surface area contributed by atoms with Gasteiger partial charge in [-0.3, -0.25) is 0 Å². The van der Waals surface area contributed by atoms with E-state index in [4.69, 9.17) is 0 Å². The number of rotatable bonds is 3. The van der Waals surface area contributed by atoms with Crippen LogP contribution in [0.25, 0.3) is 0 Å². The maximum atomic E-state index is 13.0. The van der Waals surface area contributed by atoms with Gasteiger partial charge in [0.2, 0.25) is 0 Å². The van der Waals surface area contributed by atoms with E-state index in [1.165, 1.54) is 23.5 Å². The summed E-state index contributed by atoms with van der Waals surface area (Å²) in [6, 6.07) is 3.57. The Labute approximate surface area is 103 Å². The van der Waals surface area contributed by atoms with Gasteiger partial charge in [-0.25, -0.2) is 13.8 Å². The molecule has 0 unspecified atom stereocenters. The Balaban J connectivity index is 2.19. The van der Waals surface area contributed by atoms with Crippen LogP contribution < -0.4 is 0 Å². The molecule has 2 aromatic rings. The first-order valence-corrected chi connectivity index (χ1v) is 6.32. The molecule has 17 heavy (non-hydrogen) atoms. The molecule has 0 spiro atoms. The summed E-state index contributed by atoms with van der Waals surface area (Å²) in [6.45, 7) is 4.14. The lowest BCUT2D eigenvalue weighted by atomic mass is 10.1. The molecule has 1 aromatic carbocycles. The predicted octanol–water partition coefficient (Wildman–Crippen LogP) is 4.14. The standard InChI is InChI=1S/C13H13F2NS/c1-8(2)12-7-17-13(16-12)5-9-3-10(14)6-11(15)4-9/h3-4,6-8H,5H2,1-2H3. The fraction of sp³-hybridized carbons (Fsp3) is 0.308.